The van der Waals surface area contributed by atoms with Gasteiger partial charge in [-0.1, -0.05) is 15.9 Å². The number of pyridine rings is 1. The number of ether oxygens (including phenoxy) is 1. The van der Waals surface area contributed by atoms with Crippen LogP contribution in [0.1, 0.15) is 20.8 Å². The van der Waals surface area contributed by atoms with Crippen LogP contribution < -0.4 is 0 Å². The molecule has 2 rings (SSSR count). The van der Waals surface area contributed by atoms with E-state index in [0.717, 1.165) is 20.3 Å². The lowest BCUT2D eigenvalue weighted by atomic mass is 10.2. The van der Waals surface area contributed by atoms with Crippen LogP contribution >= 0.6 is 27.7 Å². The fraction of sp³-hybridized carbons (Fsp3) is 0.333. The molecule has 0 amide bonds. The average Bonchev–Trinajstić information content (AvgIpc) is 2.39. The number of carbonyl (C=O) groups excluding carboxylic acids is 1. The van der Waals surface area contributed by atoms with E-state index >= 15 is 0 Å². The van der Waals surface area contributed by atoms with E-state index in [0.29, 0.717) is 6.61 Å². The zero-order chi connectivity index (χ0) is 14.8. The highest BCUT2D eigenvalue weighted by Gasteiger charge is 2.31. The molecule has 0 atom stereocenters. The van der Waals surface area contributed by atoms with Gasteiger partial charge in [-0.3, -0.25) is 9.78 Å². The minimum Gasteiger partial charge on any atom is -0.465 e. The quantitative estimate of drug-likeness (QED) is 0.601. The van der Waals surface area contributed by atoms with Crippen molar-refractivity contribution < 1.29 is 9.53 Å². The highest BCUT2D eigenvalue weighted by molar-refractivity contribution is 9.10. The van der Waals surface area contributed by atoms with Gasteiger partial charge in [0.1, 0.15) is 4.75 Å². The number of rotatable bonds is 4. The first kappa shape index (κ1) is 15.3. The lowest BCUT2D eigenvalue weighted by molar-refractivity contribution is -0.145. The predicted molar refractivity (Wildman–Crippen MR) is 86.0 cm³/mol. The number of fused-ring (bicyclic) bond motifs is 1. The summed E-state index contributed by atoms with van der Waals surface area (Å²) in [5.41, 5.74) is 0.915. The van der Waals surface area contributed by atoms with Crippen molar-refractivity contribution in [3.63, 3.8) is 0 Å². The maximum absolute atomic E-state index is 12.0. The Hall–Kier alpha value is -1.07. The summed E-state index contributed by atoms with van der Waals surface area (Å²) < 4.78 is 5.49. The Kier molecular flexibility index (Phi) is 4.70. The molecule has 0 N–H and O–H groups in total. The predicted octanol–water partition coefficient (Wildman–Crippen LogP) is 4.43. The zero-order valence-corrected chi connectivity index (χ0v) is 14.0. The summed E-state index contributed by atoms with van der Waals surface area (Å²) in [7, 11) is 0. The van der Waals surface area contributed by atoms with Crippen molar-refractivity contribution in [1.82, 2.24) is 4.98 Å². The molecule has 0 spiro atoms. The molecule has 2 aromatic rings. The summed E-state index contributed by atoms with van der Waals surface area (Å²) in [5.74, 6) is -0.204. The maximum atomic E-state index is 12.0. The van der Waals surface area contributed by atoms with E-state index in [9.17, 15) is 4.79 Å². The van der Waals surface area contributed by atoms with Crippen LogP contribution in [0.5, 0.6) is 0 Å². The van der Waals surface area contributed by atoms with E-state index in [-0.39, 0.29) is 5.97 Å². The molecular formula is C15H16BrNO2S. The van der Waals surface area contributed by atoms with Crippen molar-refractivity contribution in [1.29, 1.82) is 0 Å². The van der Waals surface area contributed by atoms with Crippen LogP contribution in [-0.4, -0.2) is 22.3 Å². The molecule has 0 radical (unpaired) electrons. The van der Waals surface area contributed by atoms with Crippen molar-refractivity contribution in [3.05, 3.63) is 34.9 Å². The Morgan fingerprint density at radius 3 is 2.85 bits per heavy atom. The molecule has 3 nitrogen and oxygen atoms in total. The fourth-order valence-electron chi connectivity index (χ4n) is 1.80. The van der Waals surface area contributed by atoms with Crippen LogP contribution in [0.4, 0.5) is 0 Å². The van der Waals surface area contributed by atoms with Crippen molar-refractivity contribution >= 4 is 44.6 Å². The number of carbonyl (C=O) groups is 1. The lowest BCUT2D eigenvalue weighted by Gasteiger charge is -2.22. The number of thioether (sulfide) groups is 1. The molecule has 0 aliphatic carbocycles. The third-order valence-electron chi connectivity index (χ3n) is 2.80. The van der Waals surface area contributed by atoms with Gasteiger partial charge in [0.2, 0.25) is 0 Å². The Labute approximate surface area is 131 Å². The van der Waals surface area contributed by atoms with Gasteiger partial charge in [0.15, 0.2) is 0 Å². The third-order valence-corrected chi connectivity index (χ3v) is 4.54. The highest BCUT2D eigenvalue weighted by atomic mass is 79.9. The molecule has 5 heteroatoms. The third kappa shape index (κ3) is 3.33. The van der Waals surface area contributed by atoms with Crippen LogP contribution in [0.25, 0.3) is 10.9 Å². The number of esters is 1. The molecule has 0 saturated carbocycles. The van der Waals surface area contributed by atoms with E-state index in [4.69, 9.17) is 4.74 Å². The topological polar surface area (TPSA) is 39.2 Å². The number of benzene rings is 1. The van der Waals surface area contributed by atoms with Gasteiger partial charge in [-0.15, -0.1) is 11.8 Å². The SMILES string of the molecule is CCOC(=O)C(C)(C)Sc1ccnc2ccc(Br)cc12. The summed E-state index contributed by atoms with van der Waals surface area (Å²) in [6, 6.07) is 7.87. The molecule has 1 aromatic carbocycles. The second-order valence-corrected chi connectivity index (χ2v) is 7.38. The van der Waals surface area contributed by atoms with Crippen LogP contribution in [0.2, 0.25) is 0 Å². The monoisotopic (exact) mass is 353 g/mol. The number of nitrogens with zero attached hydrogens (tertiary/aromatic N) is 1. The van der Waals surface area contributed by atoms with Gasteiger partial charge >= 0.3 is 5.97 Å². The summed E-state index contributed by atoms with van der Waals surface area (Å²) in [6.07, 6.45) is 1.76. The smallest absolute Gasteiger partial charge is 0.321 e. The molecule has 106 valence electrons. The van der Waals surface area contributed by atoms with Gasteiger partial charge in [-0.2, -0.15) is 0 Å². The number of halogens is 1. The molecule has 0 bridgehead atoms. The van der Waals surface area contributed by atoms with E-state index in [1.807, 2.05) is 45.0 Å². The molecule has 1 heterocycles. The van der Waals surface area contributed by atoms with Crippen LogP contribution in [0, 0.1) is 0 Å². The van der Waals surface area contributed by atoms with Gasteiger partial charge < -0.3 is 4.74 Å². The zero-order valence-electron chi connectivity index (χ0n) is 11.6. The summed E-state index contributed by atoms with van der Waals surface area (Å²) in [4.78, 5) is 17.4. The second kappa shape index (κ2) is 6.14. The standard InChI is InChI=1S/C15H16BrNO2S/c1-4-19-14(18)15(2,3)20-13-7-8-17-12-6-5-10(16)9-11(12)13/h5-9H,4H2,1-3H3. The van der Waals surface area contributed by atoms with Gasteiger partial charge in [-0.05, 0) is 45.0 Å². The molecular weight excluding hydrogens is 338 g/mol. The van der Waals surface area contributed by atoms with E-state index in [1.54, 1.807) is 6.20 Å². The number of hydrogen-bond donors (Lipinski definition) is 0. The summed E-state index contributed by atoms with van der Waals surface area (Å²) in [6.45, 7) is 5.96. The van der Waals surface area contributed by atoms with Crippen molar-refractivity contribution in [3.8, 4) is 0 Å². The van der Waals surface area contributed by atoms with Gasteiger partial charge in [0, 0.05) is 21.0 Å². The van der Waals surface area contributed by atoms with Crippen molar-refractivity contribution in [2.24, 2.45) is 0 Å². The molecule has 0 fully saturated rings. The minimum atomic E-state index is -0.632. The first-order valence-electron chi connectivity index (χ1n) is 6.34. The van der Waals surface area contributed by atoms with Crippen LogP contribution in [-0.2, 0) is 9.53 Å². The Bertz CT molecular complexity index is 643. The van der Waals surface area contributed by atoms with Crippen LogP contribution in [0.15, 0.2) is 39.8 Å². The largest absolute Gasteiger partial charge is 0.465 e. The molecule has 0 saturated heterocycles. The molecule has 0 unspecified atom stereocenters. The first-order valence-corrected chi connectivity index (χ1v) is 7.95. The Morgan fingerprint density at radius 1 is 1.40 bits per heavy atom. The Balaban J connectivity index is 2.38. The summed E-state index contributed by atoms with van der Waals surface area (Å²) in [5, 5.41) is 1.03. The molecule has 0 aliphatic rings. The van der Waals surface area contributed by atoms with Gasteiger partial charge in [-0.25, -0.2) is 0 Å². The maximum Gasteiger partial charge on any atom is 0.321 e. The second-order valence-electron chi connectivity index (χ2n) is 4.80. The lowest BCUT2D eigenvalue weighted by Crippen LogP contribution is -2.29. The van der Waals surface area contributed by atoms with E-state index in [1.165, 1.54) is 11.8 Å². The van der Waals surface area contributed by atoms with E-state index < -0.39 is 4.75 Å². The normalized spacial score (nSPS) is 11.6. The number of aromatic nitrogens is 1. The minimum absolute atomic E-state index is 0.204. The number of hydrogen-bond acceptors (Lipinski definition) is 4. The van der Waals surface area contributed by atoms with Gasteiger partial charge in [0.05, 0.1) is 12.1 Å². The average molecular weight is 354 g/mol. The van der Waals surface area contributed by atoms with Crippen LogP contribution in [0.3, 0.4) is 0 Å². The molecule has 1 aromatic heterocycles. The highest BCUT2D eigenvalue weighted by Crippen LogP contribution is 2.37. The Morgan fingerprint density at radius 2 is 2.15 bits per heavy atom. The molecule has 20 heavy (non-hydrogen) atoms. The van der Waals surface area contributed by atoms with Crippen molar-refractivity contribution in [2.75, 3.05) is 6.61 Å². The van der Waals surface area contributed by atoms with Gasteiger partial charge in [0.25, 0.3) is 0 Å². The van der Waals surface area contributed by atoms with E-state index in [2.05, 4.69) is 20.9 Å². The first-order chi connectivity index (χ1) is 9.44. The molecule has 0 aliphatic heterocycles. The summed E-state index contributed by atoms with van der Waals surface area (Å²) >= 11 is 4.97. The van der Waals surface area contributed by atoms with Crippen molar-refractivity contribution in [2.45, 2.75) is 30.4 Å². The fourth-order valence-corrected chi connectivity index (χ4v) is 3.26.